The highest BCUT2D eigenvalue weighted by atomic mass is 32.1. The molecule has 0 saturated carbocycles. The third-order valence-corrected chi connectivity index (χ3v) is 9.51. The van der Waals surface area contributed by atoms with E-state index in [4.69, 9.17) is 4.98 Å². The van der Waals surface area contributed by atoms with Crippen molar-refractivity contribution in [2.45, 2.75) is 65.5 Å². The zero-order valence-corrected chi connectivity index (χ0v) is 24.4. The van der Waals surface area contributed by atoms with Crippen LogP contribution in [0.3, 0.4) is 0 Å². The van der Waals surface area contributed by atoms with Crippen molar-refractivity contribution in [3.63, 3.8) is 0 Å². The number of nitrogens with one attached hydrogen (secondary N) is 1. The van der Waals surface area contributed by atoms with Crippen LogP contribution in [0, 0.1) is 18.8 Å². The molecular weight excluding hydrogens is 524 g/mol. The molecule has 4 heterocycles. The number of hydrogen-bond donors (Lipinski definition) is 1. The van der Waals surface area contributed by atoms with E-state index in [-0.39, 0.29) is 29.7 Å². The average Bonchev–Trinajstić information content (AvgIpc) is 3.68. The van der Waals surface area contributed by atoms with Gasteiger partial charge in [-0.05, 0) is 79.6 Å². The number of rotatable bonds is 5. The minimum atomic E-state index is -0.0902. The molecular formula is C29H36N8O2S. The van der Waals surface area contributed by atoms with Crippen molar-refractivity contribution in [1.29, 1.82) is 0 Å². The van der Waals surface area contributed by atoms with Gasteiger partial charge in [-0.3, -0.25) is 14.9 Å². The number of amides is 2. The largest absolute Gasteiger partial charge is 0.332 e. The zero-order valence-electron chi connectivity index (χ0n) is 23.6. The topological polar surface area (TPSA) is 109 Å². The van der Waals surface area contributed by atoms with Crippen LogP contribution in [-0.4, -0.2) is 73.0 Å². The standard InChI is InChI=1S/C29H36N8O2S/c1-17-7-8-20(15-23(17)27(38)31-29-30-24-11-13-35(4)16-26(24)40-29)25-6-5-12-36(25)28(39)22-10-9-21(14-18(22)2)37-19(3)32-33-34-37/h8-10,15,17-18,25H,5-7,11-14,16H2,1-4H3,(H,30,31,38)/t17?,18?,25-/m1/s1. The number of nitrogens with zero attached hydrogens (tertiary/aromatic N) is 7. The van der Waals surface area contributed by atoms with Gasteiger partial charge in [0.1, 0.15) is 0 Å². The summed E-state index contributed by atoms with van der Waals surface area (Å²) < 4.78 is 1.73. The summed E-state index contributed by atoms with van der Waals surface area (Å²) in [4.78, 5) is 37.4. The number of anilines is 1. The number of carbonyl (C=O) groups is 2. The first-order valence-corrected chi connectivity index (χ1v) is 15.0. The van der Waals surface area contributed by atoms with Crippen molar-refractivity contribution in [1.82, 2.24) is 35.0 Å². The van der Waals surface area contributed by atoms with Crippen molar-refractivity contribution < 1.29 is 9.59 Å². The highest BCUT2D eigenvalue weighted by molar-refractivity contribution is 7.15. The number of carbonyl (C=O) groups excluding carboxylic acids is 2. The second-order valence-corrected chi connectivity index (χ2v) is 12.5. The summed E-state index contributed by atoms with van der Waals surface area (Å²) >= 11 is 1.58. The number of fused-ring (bicyclic) bond motifs is 1. The van der Waals surface area contributed by atoms with E-state index < -0.39 is 0 Å². The average molecular weight is 561 g/mol. The molecule has 2 aliphatic heterocycles. The molecule has 40 heavy (non-hydrogen) atoms. The van der Waals surface area contributed by atoms with Crippen molar-refractivity contribution in [3.05, 3.63) is 57.4 Å². The van der Waals surface area contributed by atoms with Crippen LogP contribution in [0.5, 0.6) is 0 Å². The molecule has 2 aromatic rings. The molecule has 2 aliphatic carbocycles. The summed E-state index contributed by atoms with van der Waals surface area (Å²) in [5, 5.41) is 15.6. The minimum absolute atomic E-state index is 0.0225. The molecule has 6 rings (SSSR count). The van der Waals surface area contributed by atoms with Gasteiger partial charge in [0, 0.05) is 47.8 Å². The van der Waals surface area contributed by atoms with Crippen LogP contribution >= 0.6 is 11.3 Å². The lowest BCUT2D eigenvalue weighted by Crippen LogP contribution is -2.39. The predicted molar refractivity (Wildman–Crippen MR) is 154 cm³/mol. The molecule has 0 spiro atoms. The molecule has 1 saturated heterocycles. The summed E-state index contributed by atoms with van der Waals surface area (Å²) in [6.07, 6.45) is 12.4. The Morgan fingerprint density at radius 3 is 2.75 bits per heavy atom. The number of likely N-dealkylation sites (tertiary alicyclic amines) is 1. The highest BCUT2D eigenvalue weighted by Gasteiger charge is 2.36. The van der Waals surface area contributed by atoms with Crippen molar-refractivity contribution in [2.75, 3.05) is 25.5 Å². The Balaban J connectivity index is 1.18. The van der Waals surface area contributed by atoms with E-state index in [9.17, 15) is 9.59 Å². The molecule has 11 heteroatoms. The zero-order chi connectivity index (χ0) is 28.0. The molecule has 0 radical (unpaired) electrons. The fourth-order valence-electron chi connectivity index (χ4n) is 6.19. The number of hydrogen-bond acceptors (Lipinski definition) is 8. The maximum atomic E-state index is 13.8. The Morgan fingerprint density at radius 1 is 1.12 bits per heavy atom. The summed E-state index contributed by atoms with van der Waals surface area (Å²) in [5.74, 6) is 0.880. The molecule has 1 fully saturated rings. The second kappa shape index (κ2) is 10.9. The number of aryl methyl sites for hydroxylation is 1. The fraction of sp³-hybridized carbons (Fsp3) is 0.517. The van der Waals surface area contributed by atoms with Crippen molar-refractivity contribution in [3.8, 4) is 0 Å². The Hall–Kier alpha value is -3.44. The maximum Gasteiger partial charge on any atom is 0.253 e. The van der Waals surface area contributed by atoms with Gasteiger partial charge in [0.2, 0.25) is 0 Å². The Kier molecular flexibility index (Phi) is 7.26. The van der Waals surface area contributed by atoms with Crippen LogP contribution < -0.4 is 5.32 Å². The van der Waals surface area contributed by atoms with E-state index >= 15 is 0 Å². The molecule has 1 N–H and O–H groups in total. The van der Waals surface area contributed by atoms with Gasteiger partial charge < -0.3 is 9.80 Å². The first-order chi connectivity index (χ1) is 19.3. The third-order valence-electron chi connectivity index (χ3n) is 8.51. The van der Waals surface area contributed by atoms with Crippen LogP contribution in [-0.2, 0) is 22.6 Å². The van der Waals surface area contributed by atoms with E-state index in [0.717, 1.165) is 79.3 Å². The Bertz CT molecular complexity index is 1460. The van der Waals surface area contributed by atoms with Gasteiger partial charge in [0.15, 0.2) is 11.0 Å². The molecule has 3 atom stereocenters. The normalized spacial score (nSPS) is 25.1. The van der Waals surface area contributed by atoms with Gasteiger partial charge in [0.05, 0.1) is 11.7 Å². The second-order valence-electron chi connectivity index (χ2n) is 11.5. The van der Waals surface area contributed by atoms with E-state index in [1.807, 2.05) is 30.1 Å². The van der Waals surface area contributed by atoms with E-state index in [1.54, 1.807) is 16.0 Å². The first kappa shape index (κ1) is 26.8. The molecule has 210 valence electrons. The smallest absolute Gasteiger partial charge is 0.253 e. The molecule has 2 aromatic heterocycles. The van der Waals surface area contributed by atoms with Crippen LogP contribution in [0.25, 0.3) is 5.70 Å². The van der Waals surface area contributed by atoms with Crippen molar-refractivity contribution >= 4 is 34.0 Å². The van der Waals surface area contributed by atoms with Gasteiger partial charge in [-0.25, -0.2) is 9.67 Å². The summed E-state index contributed by atoms with van der Waals surface area (Å²) in [5.41, 5.74) is 4.73. The van der Waals surface area contributed by atoms with Crippen LogP contribution in [0.4, 0.5) is 5.13 Å². The first-order valence-electron chi connectivity index (χ1n) is 14.2. The number of likely N-dealkylation sites (N-methyl/N-ethyl adjacent to an activating group) is 1. The fourth-order valence-corrected chi connectivity index (χ4v) is 7.27. The molecule has 10 nitrogen and oxygen atoms in total. The van der Waals surface area contributed by atoms with Crippen LogP contribution in [0.2, 0.25) is 0 Å². The molecule has 0 aromatic carbocycles. The van der Waals surface area contributed by atoms with Gasteiger partial charge in [-0.2, -0.15) is 0 Å². The van der Waals surface area contributed by atoms with Crippen LogP contribution in [0.15, 0.2) is 41.0 Å². The Morgan fingerprint density at radius 2 is 1.98 bits per heavy atom. The van der Waals surface area contributed by atoms with Gasteiger partial charge in [-0.1, -0.05) is 26.0 Å². The quantitative estimate of drug-likeness (QED) is 0.593. The van der Waals surface area contributed by atoms with Gasteiger partial charge in [-0.15, -0.1) is 16.4 Å². The molecule has 0 bridgehead atoms. The summed E-state index contributed by atoms with van der Waals surface area (Å²) in [6, 6.07) is -0.0225. The number of allylic oxidation sites excluding steroid dienone is 4. The third kappa shape index (κ3) is 5.08. The molecule has 2 unspecified atom stereocenters. The van der Waals surface area contributed by atoms with E-state index in [2.05, 4.69) is 52.7 Å². The number of tetrazole rings is 1. The van der Waals surface area contributed by atoms with Gasteiger partial charge in [0.25, 0.3) is 11.8 Å². The minimum Gasteiger partial charge on any atom is -0.332 e. The molecule has 2 amide bonds. The van der Waals surface area contributed by atoms with Gasteiger partial charge >= 0.3 is 0 Å². The van der Waals surface area contributed by atoms with E-state index in [1.165, 1.54) is 4.88 Å². The lowest BCUT2D eigenvalue weighted by atomic mass is 9.85. The van der Waals surface area contributed by atoms with E-state index in [0.29, 0.717) is 11.6 Å². The maximum absolute atomic E-state index is 13.8. The summed E-state index contributed by atoms with van der Waals surface area (Å²) in [7, 11) is 2.11. The monoisotopic (exact) mass is 560 g/mol. The van der Waals surface area contributed by atoms with Crippen LogP contribution in [0.1, 0.15) is 55.9 Å². The highest BCUT2D eigenvalue weighted by Crippen LogP contribution is 2.36. The molecule has 4 aliphatic rings. The predicted octanol–water partition coefficient (Wildman–Crippen LogP) is 3.76. The SMILES string of the molecule is Cc1nnnn1C1=CC=C(C(=O)N2CCC[C@@H]2C2=CCC(C)C(C(=O)Nc3nc4c(s3)CN(C)CC4)=C2)C(C)C1. The number of aromatic nitrogens is 5. The Labute approximate surface area is 238 Å². The summed E-state index contributed by atoms with van der Waals surface area (Å²) in [6.45, 7) is 8.63. The van der Waals surface area contributed by atoms with Crippen molar-refractivity contribution in [2.24, 2.45) is 11.8 Å². The number of thiazole rings is 1. The lowest BCUT2D eigenvalue weighted by molar-refractivity contribution is -0.127. The lowest BCUT2D eigenvalue weighted by Gasteiger charge is -2.31.